The Morgan fingerprint density at radius 3 is 2.27 bits per heavy atom. The third kappa shape index (κ3) is 4.77. The van der Waals surface area contributed by atoms with E-state index in [0.717, 1.165) is 21.7 Å². The summed E-state index contributed by atoms with van der Waals surface area (Å²) in [5, 5.41) is 3.35. The van der Waals surface area contributed by atoms with Crippen molar-refractivity contribution >= 4 is 38.9 Å². The Bertz CT molecular complexity index is 896. The smallest absolute Gasteiger partial charge is 0.248 e. The van der Waals surface area contributed by atoms with Crippen molar-refractivity contribution in [2.45, 2.75) is 33.2 Å². The van der Waals surface area contributed by atoms with Crippen LogP contribution in [0.2, 0.25) is 5.02 Å². The van der Waals surface area contributed by atoms with Crippen molar-refractivity contribution in [2.75, 3.05) is 15.9 Å². The van der Waals surface area contributed by atoms with Crippen LogP contribution in [0.5, 0.6) is 0 Å². The van der Waals surface area contributed by atoms with Crippen LogP contribution in [0.1, 0.15) is 24.5 Å². The van der Waals surface area contributed by atoms with E-state index < -0.39 is 16.1 Å². The number of amides is 1. The molecule has 1 amide bonds. The van der Waals surface area contributed by atoms with Gasteiger partial charge < -0.3 is 5.32 Å². The predicted octanol–water partition coefficient (Wildman–Crippen LogP) is 4.14. The molecule has 26 heavy (non-hydrogen) atoms. The molecule has 2 rings (SSSR count). The minimum atomic E-state index is -3.67. The van der Waals surface area contributed by atoms with Crippen LogP contribution in [0.3, 0.4) is 0 Å². The van der Waals surface area contributed by atoms with E-state index in [1.165, 1.54) is 0 Å². The highest BCUT2D eigenvalue weighted by atomic mass is 35.5. The molecular formula is C19H23ClN2O3S. The molecule has 0 saturated carbocycles. The number of aryl methyl sites for hydroxylation is 2. The van der Waals surface area contributed by atoms with Crippen LogP contribution in [0.25, 0.3) is 0 Å². The van der Waals surface area contributed by atoms with Gasteiger partial charge in [0.15, 0.2) is 0 Å². The van der Waals surface area contributed by atoms with Crippen LogP contribution in [0.15, 0.2) is 42.5 Å². The molecule has 0 saturated heterocycles. The Kier molecular flexibility index (Phi) is 6.31. The van der Waals surface area contributed by atoms with Crippen molar-refractivity contribution in [1.29, 1.82) is 0 Å². The third-order valence-electron chi connectivity index (χ3n) is 4.05. The van der Waals surface area contributed by atoms with E-state index in [1.807, 2.05) is 32.0 Å². The van der Waals surface area contributed by atoms with Crippen molar-refractivity contribution in [3.63, 3.8) is 0 Å². The zero-order valence-electron chi connectivity index (χ0n) is 15.3. The van der Waals surface area contributed by atoms with Gasteiger partial charge in [-0.05, 0) is 56.2 Å². The van der Waals surface area contributed by atoms with Gasteiger partial charge >= 0.3 is 0 Å². The molecule has 0 bridgehead atoms. The van der Waals surface area contributed by atoms with E-state index in [2.05, 4.69) is 5.32 Å². The second-order valence-electron chi connectivity index (χ2n) is 6.27. The Balaban J connectivity index is 2.38. The molecular weight excluding hydrogens is 372 g/mol. The highest BCUT2D eigenvalue weighted by Gasteiger charge is 2.31. The molecule has 0 aliphatic heterocycles. The summed E-state index contributed by atoms with van der Waals surface area (Å²) in [5.74, 6) is -0.375. The van der Waals surface area contributed by atoms with Crippen LogP contribution in [0.4, 0.5) is 11.4 Å². The molecule has 0 radical (unpaired) electrons. The molecule has 0 fully saturated rings. The lowest BCUT2D eigenvalue weighted by Crippen LogP contribution is -2.47. The van der Waals surface area contributed by atoms with Crippen molar-refractivity contribution < 1.29 is 13.2 Å². The minimum absolute atomic E-state index is 0.326. The lowest BCUT2D eigenvalue weighted by Gasteiger charge is -2.30. The molecule has 2 aromatic carbocycles. The van der Waals surface area contributed by atoms with Gasteiger partial charge in [0.05, 0.1) is 11.9 Å². The molecule has 1 atom stereocenters. The lowest BCUT2D eigenvalue weighted by atomic mass is 10.1. The van der Waals surface area contributed by atoms with Crippen LogP contribution in [0, 0.1) is 13.8 Å². The normalized spacial score (nSPS) is 12.5. The SMILES string of the molecule is CC[C@@H](C(=O)Nc1ccc(C)cc1C)N(c1ccc(Cl)cc1)S(C)(=O)=O. The average molecular weight is 395 g/mol. The average Bonchev–Trinajstić information content (AvgIpc) is 2.55. The van der Waals surface area contributed by atoms with Crippen molar-refractivity contribution in [3.05, 3.63) is 58.6 Å². The van der Waals surface area contributed by atoms with E-state index in [9.17, 15) is 13.2 Å². The summed E-state index contributed by atoms with van der Waals surface area (Å²) in [6, 6.07) is 11.2. The topological polar surface area (TPSA) is 66.5 Å². The molecule has 0 unspecified atom stereocenters. The first-order chi connectivity index (χ1) is 12.1. The number of halogens is 1. The molecule has 0 spiro atoms. The van der Waals surface area contributed by atoms with Gasteiger partial charge in [0.25, 0.3) is 0 Å². The maximum Gasteiger partial charge on any atom is 0.248 e. The quantitative estimate of drug-likeness (QED) is 0.800. The molecule has 7 heteroatoms. The number of hydrogen-bond acceptors (Lipinski definition) is 3. The van der Waals surface area contributed by atoms with E-state index in [-0.39, 0.29) is 5.91 Å². The van der Waals surface area contributed by atoms with Gasteiger partial charge in [-0.1, -0.05) is 36.2 Å². The van der Waals surface area contributed by atoms with Gasteiger partial charge in [-0.15, -0.1) is 0 Å². The number of nitrogens with one attached hydrogen (secondary N) is 1. The monoisotopic (exact) mass is 394 g/mol. The first-order valence-electron chi connectivity index (χ1n) is 8.26. The van der Waals surface area contributed by atoms with E-state index in [4.69, 9.17) is 11.6 Å². The third-order valence-corrected chi connectivity index (χ3v) is 5.48. The molecule has 2 aromatic rings. The lowest BCUT2D eigenvalue weighted by molar-refractivity contribution is -0.117. The molecule has 0 aliphatic carbocycles. The second kappa shape index (κ2) is 8.10. The standard InChI is InChI=1S/C19H23ClN2O3S/c1-5-18(19(23)21-17-11-6-13(2)12-14(17)3)22(26(4,24)25)16-9-7-15(20)8-10-16/h6-12,18H,5H2,1-4H3,(H,21,23)/t18-/m0/s1. The minimum Gasteiger partial charge on any atom is -0.324 e. The summed E-state index contributed by atoms with van der Waals surface area (Å²) in [6.45, 7) is 5.65. The summed E-state index contributed by atoms with van der Waals surface area (Å²) < 4.78 is 25.9. The Morgan fingerprint density at radius 1 is 1.15 bits per heavy atom. The fraction of sp³-hybridized carbons (Fsp3) is 0.316. The highest BCUT2D eigenvalue weighted by molar-refractivity contribution is 7.92. The number of nitrogens with zero attached hydrogens (tertiary/aromatic N) is 1. The number of benzene rings is 2. The number of rotatable bonds is 6. The fourth-order valence-electron chi connectivity index (χ4n) is 2.82. The molecule has 140 valence electrons. The number of anilines is 2. The fourth-order valence-corrected chi connectivity index (χ4v) is 4.16. The first-order valence-corrected chi connectivity index (χ1v) is 10.5. The summed E-state index contributed by atoms with van der Waals surface area (Å²) in [4.78, 5) is 12.9. The zero-order chi connectivity index (χ0) is 19.5. The molecule has 0 aromatic heterocycles. The Hall–Kier alpha value is -2.05. The van der Waals surface area contributed by atoms with Gasteiger partial charge in [-0.2, -0.15) is 0 Å². The van der Waals surface area contributed by atoms with Gasteiger partial charge in [0.1, 0.15) is 6.04 Å². The maximum atomic E-state index is 12.9. The number of sulfonamides is 1. The van der Waals surface area contributed by atoms with E-state index >= 15 is 0 Å². The van der Waals surface area contributed by atoms with Gasteiger partial charge in [-0.3, -0.25) is 9.10 Å². The van der Waals surface area contributed by atoms with Crippen LogP contribution < -0.4 is 9.62 Å². The largest absolute Gasteiger partial charge is 0.324 e. The molecule has 5 nitrogen and oxygen atoms in total. The summed E-state index contributed by atoms with van der Waals surface area (Å²) >= 11 is 5.90. The molecule has 0 aliphatic rings. The molecule has 0 heterocycles. The molecule has 1 N–H and O–H groups in total. The highest BCUT2D eigenvalue weighted by Crippen LogP contribution is 2.25. The Labute approximate surface area is 160 Å². The van der Waals surface area contributed by atoms with Gasteiger partial charge in [0.2, 0.25) is 15.9 Å². The van der Waals surface area contributed by atoms with Crippen molar-refractivity contribution in [1.82, 2.24) is 0 Å². The number of carbonyl (C=O) groups is 1. The summed E-state index contributed by atoms with van der Waals surface area (Å²) in [6.07, 6.45) is 1.42. The van der Waals surface area contributed by atoms with Crippen LogP contribution in [-0.4, -0.2) is 26.6 Å². The summed E-state index contributed by atoms with van der Waals surface area (Å²) in [7, 11) is -3.67. The Morgan fingerprint density at radius 2 is 1.77 bits per heavy atom. The van der Waals surface area contributed by atoms with Gasteiger partial charge in [-0.25, -0.2) is 8.42 Å². The first kappa shape index (κ1) is 20.3. The van der Waals surface area contributed by atoms with Gasteiger partial charge in [0, 0.05) is 10.7 Å². The number of hydrogen-bond donors (Lipinski definition) is 1. The van der Waals surface area contributed by atoms with Crippen molar-refractivity contribution in [3.8, 4) is 0 Å². The number of carbonyl (C=O) groups excluding carboxylic acids is 1. The van der Waals surface area contributed by atoms with Crippen molar-refractivity contribution in [2.24, 2.45) is 0 Å². The summed E-state index contributed by atoms with van der Waals surface area (Å²) in [5.41, 5.74) is 3.08. The zero-order valence-corrected chi connectivity index (χ0v) is 16.9. The van der Waals surface area contributed by atoms with Crippen LogP contribution in [-0.2, 0) is 14.8 Å². The maximum absolute atomic E-state index is 12.9. The van der Waals surface area contributed by atoms with Crippen LogP contribution >= 0.6 is 11.6 Å². The van der Waals surface area contributed by atoms with E-state index in [1.54, 1.807) is 31.2 Å². The predicted molar refractivity (Wildman–Crippen MR) is 107 cm³/mol. The second-order valence-corrected chi connectivity index (χ2v) is 8.56. The van der Waals surface area contributed by atoms with E-state index in [0.29, 0.717) is 22.8 Å².